The molecule has 1 aromatic carbocycles. The highest BCUT2D eigenvalue weighted by Crippen LogP contribution is 2.19. The molecule has 8 heteroatoms. The van der Waals surface area contributed by atoms with Crippen LogP contribution < -0.4 is 4.90 Å². The molecule has 0 aliphatic rings. The molecule has 2 aromatic rings. The number of anilines is 1. The first-order valence-corrected chi connectivity index (χ1v) is 7.47. The highest BCUT2D eigenvalue weighted by Gasteiger charge is 2.18. The number of hydrogen-bond acceptors (Lipinski definition) is 6. The number of nitro benzene ring substituents is 1. The fourth-order valence-electron chi connectivity index (χ4n) is 2.27. The van der Waals surface area contributed by atoms with Gasteiger partial charge in [0.2, 0.25) is 5.69 Å². The molecule has 0 atom stereocenters. The molecule has 0 radical (unpaired) electrons. The Bertz CT molecular complexity index is 711. The van der Waals surface area contributed by atoms with Crippen LogP contribution in [0.15, 0.2) is 24.3 Å². The molecule has 23 heavy (non-hydrogen) atoms. The maximum Gasteiger partial charge on any atom is 0.269 e. The summed E-state index contributed by atoms with van der Waals surface area (Å²) in [7, 11) is 0. The lowest BCUT2D eigenvalue weighted by Gasteiger charge is -2.20. The van der Waals surface area contributed by atoms with Gasteiger partial charge in [-0.3, -0.25) is 10.1 Å². The molecule has 8 nitrogen and oxygen atoms in total. The Morgan fingerprint density at radius 2 is 1.83 bits per heavy atom. The van der Waals surface area contributed by atoms with Crippen molar-refractivity contribution in [3.8, 4) is 11.8 Å². The number of benzene rings is 1. The molecular formula is C15H18N6O2. The predicted molar refractivity (Wildman–Crippen MR) is 85.5 cm³/mol. The van der Waals surface area contributed by atoms with Crippen LogP contribution in [-0.2, 0) is 0 Å². The van der Waals surface area contributed by atoms with Crippen LogP contribution in [0.1, 0.15) is 32.4 Å². The Kier molecular flexibility index (Phi) is 5.25. The van der Waals surface area contributed by atoms with E-state index in [1.807, 2.05) is 4.90 Å². The molecule has 1 heterocycles. The van der Waals surface area contributed by atoms with E-state index < -0.39 is 4.92 Å². The summed E-state index contributed by atoms with van der Waals surface area (Å²) in [5.74, 6) is 0.551. The number of nitro groups is 1. The van der Waals surface area contributed by atoms with Crippen molar-refractivity contribution in [1.29, 1.82) is 5.26 Å². The molecule has 0 N–H and O–H groups in total. The monoisotopic (exact) mass is 314 g/mol. The lowest BCUT2D eigenvalue weighted by atomic mass is 10.3. The van der Waals surface area contributed by atoms with Crippen molar-refractivity contribution in [3.05, 3.63) is 40.1 Å². The minimum absolute atomic E-state index is 0.000212. The molecule has 0 fully saturated rings. The molecule has 0 saturated carbocycles. The summed E-state index contributed by atoms with van der Waals surface area (Å²) in [4.78, 5) is 13.6. The standard InChI is InChI=1S/C15H18N6O2/c1-3-9-19(10-4-2)15-14(11-16)17-20(18-15)12-5-7-13(8-6-12)21(22)23/h5-8H,3-4,9-10H2,1-2H3. The summed E-state index contributed by atoms with van der Waals surface area (Å²) in [6, 6.07) is 7.97. The van der Waals surface area contributed by atoms with Gasteiger partial charge >= 0.3 is 0 Å². The molecular weight excluding hydrogens is 296 g/mol. The van der Waals surface area contributed by atoms with Crippen molar-refractivity contribution in [2.45, 2.75) is 26.7 Å². The van der Waals surface area contributed by atoms with E-state index in [0.717, 1.165) is 25.9 Å². The van der Waals surface area contributed by atoms with E-state index in [-0.39, 0.29) is 11.4 Å². The SMILES string of the molecule is CCCN(CCC)c1nn(-c2ccc([N+](=O)[O-])cc2)nc1C#N. The molecule has 0 unspecified atom stereocenters. The zero-order chi connectivity index (χ0) is 16.8. The molecule has 2 rings (SSSR count). The van der Waals surface area contributed by atoms with Crippen LogP contribution in [0.25, 0.3) is 5.69 Å². The Balaban J connectivity index is 2.37. The van der Waals surface area contributed by atoms with Crippen molar-refractivity contribution in [3.63, 3.8) is 0 Å². The second-order valence-electron chi connectivity index (χ2n) is 5.03. The molecule has 0 saturated heterocycles. The number of aromatic nitrogens is 3. The van der Waals surface area contributed by atoms with Gasteiger partial charge in [0.25, 0.3) is 5.69 Å². The van der Waals surface area contributed by atoms with E-state index in [1.54, 1.807) is 12.1 Å². The van der Waals surface area contributed by atoms with Crippen LogP contribution in [0.4, 0.5) is 11.5 Å². The first-order valence-electron chi connectivity index (χ1n) is 7.47. The predicted octanol–water partition coefficient (Wildman–Crippen LogP) is 2.67. The van der Waals surface area contributed by atoms with Gasteiger partial charge in [-0.25, -0.2) is 0 Å². The van der Waals surface area contributed by atoms with Gasteiger partial charge in [0.05, 0.1) is 10.6 Å². The Hall–Kier alpha value is -2.95. The van der Waals surface area contributed by atoms with Crippen molar-refractivity contribution in [2.75, 3.05) is 18.0 Å². The topological polar surface area (TPSA) is 101 Å². The summed E-state index contributed by atoms with van der Waals surface area (Å²) in [5.41, 5.74) is 0.830. The van der Waals surface area contributed by atoms with Crippen LogP contribution in [0.3, 0.4) is 0 Å². The third kappa shape index (κ3) is 3.63. The first kappa shape index (κ1) is 16.4. The molecule has 0 spiro atoms. The third-order valence-corrected chi connectivity index (χ3v) is 3.28. The number of non-ortho nitro benzene ring substituents is 1. The van der Waals surface area contributed by atoms with Crippen molar-refractivity contribution in [1.82, 2.24) is 15.0 Å². The molecule has 0 amide bonds. The van der Waals surface area contributed by atoms with E-state index in [2.05, 4.69) is 30.1 Å². The van der Waals surface area contributed by atoms with Crippen LogP contribution in [-0.4, -0.2) is 33.0 Å². The van der Waals surface area contributed by atoms with Gasteiger partial charge in [-0.15, -0.1) is 15.0 Å². The maximum absolute atomic E-state index is 10.7. The lowest BCUT2D eigenvalue weighted by Crippen LogP contribution is -2.26. The van der Waals surface area contributed by atoms with Crippen molar-refractivity contribution < 1.29 is 4.92 Å². The largest absolute Gasteiger partial charge is 0.353 e. The van der Waals surface area contributed by atoms with Gasteiger partial charge in [-0.1, -0.05) is 13.8 Å². The van der Waals surface area contributed by atoms with E-state index >= 15 is 0 Å². The Labute approximate surface area is 134 Å². The molecule has 0 aliphatic heterocycles. The average molecular weight is 314 g/mol. The molecule has 0 bridgehead atoms. The van der Waals surface area contributed by atoms with Gasteiger partial charge in [-0.05, 0) is 25.0 Å². The van der Waals surface area contributed by atoms with Gasteiger partial charge < -0.3 is 4.90 Å². The number of nitrogens with zero attached hydrogens (tertiary/aromatic N) is 6. The Morgan fingerprint density at radius 3 is 2.30 bits per heavy atom. The molecule has 0 aliphatic carbocycles. The molecule has 120 valence electrons. The van der Waals surface area contributed by atoms with E-state index in [0.29, 0.717) is 11.5 Å². The van der Waals surface area contributed by atoms with Crippen LogP contribution in [0.2, 0.25) is 0 Å². The van der Waals surface area contributed by atoms with Gasteiger partial charge in [0.15, 0.2) is 5.82 Å². The summed E-state index contributed by atoms with van der Waals surface area (Å²) >= 11 is 0. The van der Waals surface area contributed by atoms with Crippen molar-refractivity contribution in [2.24, 2.45) is 0 Å². The summed E-state index contributed by atoms with van der Waals surface area (Å²) in [5, 5.41) is 28.6. The number of rotatable bonds is 7. The summed E-state index contributed by atoms with van der Waals surface area (Å²) < 4.78 is 0. The Morgan fingerprint density at radius 1 is 1.22 bits per heavy atom. The maximum atomic E-state index is 10.7. The minimum atomic E-state index is -0.462. The lowest BCUT2D eigenvalue weighted by molar-refractivity contribution is -0.384. The van der Waals surface area contributed by atoms with E-state index in [4.69, 9.17) is 0 Å². The van der Waals surface area contributed by atoms with E-state index in [1.165, 1.54) is 16.9 Å². The smallest absolute Gasteiger partial charge is 0.269 e. The van der Waals surface area contributed by atoms with E-state index in [9.17, 15) is 15.4 Å². The number of hydrogen-bond donors (Lipinski definition) is 0. The highest BCUT2D eigenvalue weighted by atomic mass is 16.6. The summed E-state index contributed by atoms with van der Waals surface area (Å²) in [6.07, 6.45) is 1.88. The zero-order valence-corrected chi connectivity index (χ0v) is 13.1. The van der Waals surface area contributed by atoms with Crippen LogP contribution >= 0.6 is 0 Å². The van der Waals surface area contributed by atoms with Crippen molar-refractivity contribution >= 4 is 11.5 Å². The second-order valence-corrected chi connectivity index (χ2v) is 5.03. The third-order valence-electron chi connectivity index (χ3n) is 3.28. The molecule has 1 aromatic heterocycles. The minimum Gasteiger partial charge on any atom is -0.353 e. The van der Waals surface area contributed by atoms with Gasteiger partial charge in [-0.2, -0.15) is 5.26 Å². The normalized spacial score (nSPS) is 10.3. The average Bonchev–Trinajstić information content (AvgIpc) is 2.99. The quantitative estimate of drug-likeness (QED) is 0.575. The fraction of sp³-hybridized carbons (Fsp3) is 0.400. The number of nitriles is 1. The van der Waals surface area contributed by atoms with Gasteiger partial charge in [0.1, 0.15) is 6.07 Å². The highest BCUT2D eigenvalue weighted by molar-refractivity contribution is 5.50. The first-order chi connectivity index (χ1) is 11.1. The van der Waals surface area contributed by atoms with Crippen LogP contribution in [0.5, 0.6) is 0 Å². The fourth-order valence-corrected chi connectivity index (χ4v) is 2.27. The summed E-state index contributed by atoms with van der Waals surface area (Å²) in [6.45, 7) is 5.72. The van der Waals surface area contributed by atoms with Gasteiger partial charge in [0, 0.05) is 25.2 Å². The van der Waals surface area contributed by atoms with Crippen LogP contribution in [0, 0.1) is 21.4 Å². The zero-order valence-electron chi connectivity index (χ0n) is 13.1. The second kappa shape index (κ2) is 7.35.